The van der Waals surface area contributed by atoms with Crippen LogP contribution >= 0.6 is 0 Å². The summed E-state index contributed by atoms with van der Waals surface area (Å²) in [4.78, 5) is 35.7. The molecule has 2 rings (SSSR count). The first kappa shape index (κ1) is 39.2. The SMILES string of the molecule is CCCCCCCCCCCC(N)=O.CCCCCCCCCCCCNC(=O)CCOC1C(O)C(C)C2COC(=O)N21. The van der Waals surface area contributed by atoms with Gasteiger partial charge >= 0.3 is 6.09 Å². The van der Waals surface area contributed by atoms with Crippen LogP contribution in [-0.4, -0.2) is 66.0 Å². The van der Waals surface area contributed by atoms with E-state index in [1.54, 1.807) is 0 Å². The number of carbonyl (C=O) groups excluding carboxylic acids is 3. The third kappa shape index (κ3) is 17.9. The minimum Gasteiger partial charge on any atom is -0.447 e. The van der Waals surface area contributed by atoms with Crippen molar-refractivity contribution in [3.8, 4) is 0 Å². The summed E-state index contributed by atoms with van der Waals surface area (Å²) in [6.07, 6.45) is 23.1. The molecule has 252 valence electrons. The Morgan fingerprint density at radius 1 is 0.837 bits per heavy atom. The lowest BCUT2D eigenvalue weighted by atomic mass is 10.0. The molecule has 0 aromatic rings. The lowest BCUT2D eigenvalue weighted by Gasteiger charge is -2.23. The number of rotatable bonds is 25. The van der Waals surface area contributed by atoms with Crippen LogP contribution in [0.15, 0.2) is 0 Å². The zero-order valence-electron chi connectivity index (χ0n) is 27.8. The number of primary amides is 1. The molecule has 0 bridgehead atoms. The topological polar surface area (TPSA) is 131 Å². The van der Waals surface area contributed by atoms with Gasteiger partial charge in [-0.3, -0.25) is 14.5 Å². The molecule has 4 N–H and O–H groups in total. The van der Waals surface area contributed by atoms with Crippen molar-refractivity contribution in [1.29, 1.82) is 0 Å². The summed E-state index contributed by atoms with van der Waals surface area (Å²) in [5.74, 6) is -0.313. The minimum atomic E-state index is -0.748. The van der Waals surface area contributed by atoms with Gasteiger partial charge in [0, 0.05) is 18.9 Å². The Labute approximate surface area is 262 Å². The summed E-state index contributed by atoms with van der Waals surface area (Å²) in [6.45, 7) is 7.52. The van der Waals surface area contributed by atoms with Gasteiger partial charge in [0.2, 0.25) is 11.8 Å². The first-order valence-corrected chi connectivity index (χ1v) is 17.6. The number of ether oxygens (including phenoxy) is 2. The van der Waals surface area contributed by atoms with E-state index >= 15 is 0 Å². The van der Waals surface area contributed by atoms with E-state index in [1.165, 1.54) is 101 Å². The summed E-state index contributed by atoms with van der Waals surface area (Å²) in [5, 5.41) is 13.2. The molecule has 0 aliphatic carbocycles. The average Bonchev–Trinajstić information content (AvgIpc) is 3.48. The largest absolute Gasteiger partial charge is 0.447 e. The van der Waals surface area contributed by atoms with E-state index < -0.39 is 18.4 Å². The normalized spacial score (nSPS) is 20.8. The second kappa shape index (κ2) is 25.5. The Bertz CT molecular complexity index is 737. The minimum absolute atomic E-state index is 0.0537. The molecule has 0 aromatic carbocycles. The number of fused-ring (bicyclic) bond motifs is 1. The fraction of sp³-hybridized carbons (Fsp3) is 0.912. The number of cyclic esters (lactones) is 1. The second-order valence-electron chi connectivity index (χ2n) is 12.5. The third-order valence-corrected chi connectivity index (χ3v) is 8.65. The van der Waals surface area contributed by atoms with Crippen LogP contribution in [-0.2, 0) is 19.1 Å². The van der Waals surface area contributed by atoms with E-state index in [2.05, 4.69) is 19.2 Å². The Kier molecular flexibility index (Phi) is 23.2. The van der Waals surface area contributed by atoms with Gasteiger partial charge in [0.15, 0.2) is 6.23 Å². The fourth-order valence-electron chi connectivity index (χ4n) is 5.79. The number of nitrogens with one attached hydrogen (secondary N) is 1. The number of nitrogens with two attached hydrogens (primary N) is 1. The quantitative estimate of drug-likeness (QED) is 0.0955. The Morgan fingerprint density at radius 3 is 1.84 bits per heavy atom. The van der Waals surface area contributed by atoms with Gasteiger partial charge in [-0.15, -0.1) is 0 Å². The predicted molar refractivity (Wildman–Crippen MR) is 172 cm³/mol. The van der Waals surface area contributed by atoms with Gasteiger partial charge < -0.3 is 25.6 Å². The fourth-order valence-corrected chi connectivity index (χ4v) is 5.79. The van der Waals surface area contributed by atoms with Crippen molar-refractivity contribution < 1.29 is 29.0 Å². The molecular weight excluding hydrogens is 546 g/mol. The van der Waals surface area contributed by atoms with Crippen molar-refractivity contribution in [3.63, 3.8) is 0 Å². The number of carbonyl (C=O) groups is 3. The van der Waals surface area contributed by atoms with Gasteiger partial charge in [0.1, 0.15) is 12.7 Å². The van der Waals surface area contributed by atoms with Crippen molar-refractivity contribution in [1.82, 2.24) is 10.2 Å². The highest BCUT2D eigenvalue weighted by molar-refractivity contribution is 5.76. The highest BCUT2D eigenvalue weighted by Crippen LogP contribution is 2.35. The zero-order valence-corrected chi connectivity index (χ0v) is 27.8. The van der Waals surface area contributed by atoms with Gasteiger partial charge in [-0.2, -0.15) is 0 Å². The smallest absolute Gasteiger partial charge is 0.412 e. The van der Waals surface area contributed by atoms with Crippen LogP contribution in [0.3, 0.4) is 0 Å². The molecule has 0 saturated carbocycles. The van der Waals surface area contributed by atoms with Gasteiger partial charge in [-0.1, -0.05) is 130 Å². The summed E-state index contributed by atoms with van der Waals surface area (Å²) in [5.41, 5.74) is 5.05. The van der Waals surface area contributed by atoms with Crippen LogP contribution in [0.5, 0.6) is 0 Å². The van der Waals surface area contributed by atoms with Crippen LogP contribution in [0.2, 0.25) is 0 Å². The number of aliphatic hydroxyl groups excluding tert-OH is 1. The molecule has 9 nitrogen and oxygen atoms in total. The molecule has 0 radical (unpaired) electrons. The van der Waals surface area contributed by atoms with Crippen LogP contribution in [0.25, 0.3) is 0 Å². The molecule has 43 heavy (non-hydrogen) atoms. The lowest BCUT2D eigenvalue weighted by molar-refractivity contribution is -0.125. The van der Waals surface area contributed by atoms with Crippen LogP contribution in [0.1, 0.15) is 156 Å². The molecule has 2 fully saturated rings. The monoisotopic (exact) mass is 611 g/mol. The van der Waals surface area contributed by atoms with E-state index in [0.29, 0.717) is 13.0 Å². The van der Waals surface area contributed by atoms with Crippen molar-refractivity contribution >= 4 is 17.9 Å². The van der Waals surface area contributed by atoms with Crippen LogP contribution < -0.4 is 11.1 Å². The number of hydrogen-bond donors (Lipinski definition) is 3. The summed E-state index contributed by atoms with van der Waals surface area (Å²) in [6, 6.07) is -0.146. The number of unbranched alkanes of at least 4 members (excludes halogenated alkanes) is 17. The van der Waals surface area contributed by atoms with Crippen molar-refractivity contribution in [2.45, 2.75) is 174 Å². The maximum atomic E-state index is 12.0. The second-order valence-corrected chi connectivity index (χ2v) is 12.5. The molecule has 9 heteroatoms. The average molecular weight is 612 g/mol. The summed E-state index contributed by atoms with van der Waals surface area (Å²) >= 11 is 0. The molecule has 4 atom stereocenters. The highest BCUT2D eigenvalue weighted by Gasteiger charge is 2.53. The molecule has 0 spiro atoms. The molecule has 3 amide bonds. The Balaban J connectivity index is 0.000000557. The molecular formula is C34H65N3O6. The van der Waals surface area contributed by atoms with E-state index in [4.69, 9.17) is 15.2 Å². The van der Waals surface area contributed by atoms with Gasteiger partial charge in [-0.05, 0) is 12.8 Å². The number of hydrogen-bond acceptors (Lipinski definition) is 6. The van der Waals surface area contributed by atoms with Crippen LogP contribution in [0.4, 0.5) is 4.79 Å². The number of aliphatic hydroxyl groups is 1. The molecule has 2 aliphatic rings. The number of amides is 3. The van der Waals surface area contributed by atoms with E-state index in [-0.39, 0.29) is 43.4 Å². The van der Waals surface area contributed by atoms with Crippen molar-refractivity contribution in [3.05, 3.63) is 0 Å². The molecule has 2 saturated heterocycles. The van der Waals surface area contributed by atoms with Crippen molar-refractivity contribution in [2.24, 2.45) is 11.7 Å². The van der Waals surface area contributed by atoms with Gasteiger partial charge in [-0.25, -0.2) is 4.79 Å². The maximum Gasteiger partial charge on any atom is 0.412 e. The standard InChI is InChI=1S/C22H40N2O5.C12H25NO/c1-3-4-5-6-7-8-9-10-11-12-14-23-19(25)13-15-28-21-20(26)17(2)18-16-29-22(27)24(18)21;1-2-3-4-5-6-7-8-9-10-11-12(13)14/h17-18,20-21,26H,3-16H2,1-2H3,(H,23,25);2-11H2,1H3,(H2,13,14). The zero-order chi connectivity index (χ0) is 31.7. The van der Waals surface area contributed by atoms with Gasteiger partial charge in [0.05, 0.1) is 19.1 Å². The summed E-state index contributed by atoms with van der Waals surface area (Å²) in [7, 11) is 0. The van der Waals surface area contributed by atoms with E-state index in [9.17, 15) is 19.5 Å². The predicted octanol–water partition coefficient (Wildman–Crippen LogP) is 6.98. The highest BCUT2D eigenvalue weighted by atomic mass is 16.6. The molecule has 4 unspecified atom stereocenters. The summed E-state index contributed by atoms with van der Waals surface area (Å²) < 4.78 is 10.7. The first-order valence-electron chi connectivity index (χ1n) is 17.6. The van der Waals surface area contributed by atoms with Crippen molar-refractivity contribution in [2.75, 3.05) is 19.8 Å². The Hall–Kier alpha value is -1.87. The van der Waals surface area contributed by atoms with Gasteiger partial charge in [0.25, 0.3) is 0 Å². The van der Waals surface area contributed by atoms with E-state index in [0.717, 1.165) is 25.7 Å². The Morgan fingerprint density at radius 2 is 1.33 bits per heavy atom. The van der Waals surface area contributed by atoms with Crippen LogP contribution in [0, 0.1) is 5.92 Å². The first-order chi connectivity index (χ1) is 20.8. The molecule has 0 aromatic heterocycles. The molecule has 2 aliphatic heterocycles. The maximum absolute atomic E-state index is 12.0. The third-order valence-electron chi connectivity index (χ3n) is 8.65. The lowest BCUT2D eigenvalue weighted by Crippen LogP contribution is -2.41. The number of nitrogens with zero attached hydrogens (tertiary/aromatic N) is 1. The van der Waals surface area contributed by atoms with E-state index in [1.807, 2.05) is 6.92 Å². The molecule has 2 heterocycles.